The smallest absolute Gasteiger partial charge is 0.313 e. The zero-order chi connectivity index (χ0) is 17.4. The Bertz CT molecular complexity index is 700. The molecule has 1 aromatic heterocycles. The van der Waals surface area contributed by atoms with E-state index in [-0.39, 0.29) is 5.75 Å². The number of aliphatic carboxylic acids is 1. The summed E-state index contributed by atoms with van der Waals surface area (Å²) in [6.07, 6.45) is 3.26. The maximum atomic E-state index is 10.7. The highest BCUT2D eigenvalue weighted by atomic mass is 32.2. The first-order valence-electron chi connectivity index (χ1n) is 7.67. The van der Waals surface area contributed by atoms with Gasteiger partial charge in [0.05, 0.1) is 12.4 Å². The van der Waals surface area contributed by atoms with Crippen LogP contribution < -0.4 is 4.74 Å². The molecule has 2 aromatic rings. The Balaban J connectivity index is 1.89. The molecule has 2 rings (SSSR count). The predicted octanol–water partition coefficient (Wildman–Crippen LogP) is 2.96. The van der Waals surface area contributed by atoms with Gasteiger partial charge in [0.15, 0.2) is 5.16 Å². The number of thioether (sulfide) groups is 1. The van der Waals surface area contributed by atoms with Gasteiger partial charge in [-0.15, -0.1) is 16.8 Å². The number of benzene rings is 1. The van der Waals surface area contributed by atoms with E-state index in [9.17, 15) is 4.79 Å². The quantitative estimate of drug-likeness (QED) is 0.404. The molecular formula is C17H21N3O3S. The zero-order valence-corrected chi connectivity index (χ0v) is 14.5. The van der Waals surface area contributed by atoms with Crippen molar-refractivity contribution in [1.82, 2.24) is 14.8 Å². The van der Waals surface area contributed by atoms with E-state index in [0.717, 1.165) is 29.8 Å². The summed E-state index contributed by atoms with van der Waals surface area (Å²) in [4.78, 5) is 10.7. The molecule has 0 bridgehead atoms. The Morgan fingerprint density at radius 1 is 1.46 bits per heavy atom. The van der Waals surface area contributed by atoms with Gasteiger partial charge >= 0.3 is 5.97 Å². The lowest BCUT2D eigenvalue weighted by Crippen LogP contribution is -2.07. The Morgan fingerprint density at radius 2 is 2.29 bits per heavy atom. The fourth-order valence-corrected chi connectivity index (χ4v) is 2.86. The van der Waals surface area contributed by atoms with Crippen LogP contribution in [0.3, 0.4) is 0 Å². The minimum atomic E-state index is -0.874. The number of carboxylic acid groups (broad SMARTS) is 1. The van der Waals surface area contributed by atoms with Crippen molar-refractivity contribution in [3.63, 3.8) is 0 Å². The van der Waals surface area contributed by atoms with Gasteiger partial charge in [-0.3, -0.25) is 4.79 Å². The number of hydrogen-bond acceptors (Lipinski definition) is 5. The van der Waals surface area contributed by atoms with Gasteiger partial charge in [0.2, 0.25) is 0 Å². The molecule has 0 fully saturated rings. The Labute approximate surface area is 145 Å². The lowest BCUT2D eigenvalue weighted by Gasteiger charge is -2.08. The molecule has 0 saturated heterocycles. The Morgan fingerprint density at radius 3 is 3.00 bits per heavy atom. The third-order valence-electron chi connectivity index (χ3n) is 3.23. The summed E-state index contributed by atoms with van der Waals surface area (Å²) in [5.74, 6) is 0.767. The van der Waals surface area contributed by atoms with Crippen molar-refractivity contribution in [3.05, 3.63) is 48.3 Å². The molecule has 6 nitrogen and oxygen atoms in total. The van der Waals surface area contributed by atoms with Gasteiger partial charge in [0.25, 0.3) is 0 Å². The van der Waals surface area contributed by atoms with Crippen molar-refractivity contribution in [3.8, 4) is 5.75 Å². The monoisotopic (exact) mass is 347 g/mol. The third-order valence-corrected chi connectivity index (χ3v) is 4.18. The van der Waals surface area contributed by atoms with E-state index in [2.05, 4.69) is 16.8 Å². The van der Waals surface area contributed by atoms with E-state index in [1.165, 1.54) is 5.56 Å². The molecular weight excluding hydrogens is 326 g/mol. The van der Waals surface area contributed by atoms with E-state index >= 15 is 0 Å². The standard InChI is InChI=1S/C17H21N3O3S/c1-3-9-20-15(18-19-17(20)24-12-16(21)22)8-5-10-23-14-7-4-6-13(2)11-14/h3-4,6-7,11H,1,5,8-10,12H2,2H3,(H,21,22). The summed E-state index contributed by atoms with van der Waals surface area (Å²) in [6, 6.07) is 7.94. The van der Waals surface area contributed by atoms with Crippen LogP contribution in [0, 0.1) is 6.92 Å². The molecule has 1 aromatic carbocycles. The molecule has 0 spiro atoms. The summed E-state index contributed by atoms with van der Waals surface area (Å²) in [5.41, 5.74) is 1.17. The van der Waals surface area contributed by atoms with Crippen LogP contribution in [0.1, 0.15) is 17.8 Å². The number of carboxylic acids is 1. The normalized spacial score (nSPS) is 10.5. The zero-order valence-electron chi connectivity index (χ0n) is 13.6. The van der Waals surface area contributed by atoms with Crippen molar-refractivity contribution in [1.29, 1.82) is 0 Å². The van der Waals surface area contributed by atoms with Crippen molar-refractivity contribution < 1.29 is 14.6 Å². The molecule has 1 N–H and O–H groups in total. The molecule has 0 aliphatic carbocycles. The molecule has 0 aliphatic rings. The average Bonchev–Trinajstić information content (AvgIpc) is 2.92. The maximum Gasteiger partial charge on any atom is 0.313 e. The van der Waals surface area contributed by atoms with Crippen LogP contribution in [0.2, 0.25) is 0 Å². The van der Waals surface area contributed by atoms with E-state index in [1.54, 1.807) is 6.08 Å². The molecule has 0 radical (unpaired) electrons. The van der Waals surface area contributed by atoms with Crippen molar-refractivity contribution in [2.24, 2.45) is 0 Å². The number of rotatable bonds is 10. The largest absolute Gasteiger partial charge is 0.494 e. The number of allylic oxidation sites excluding steroid dienone is 1. The third kappa shape index (κ3) is 5.42. The summed E-state index contributed by atoms with van der Waals surface area (Å²) >= 11 is 1.16. The van der Waals surface area contributed by atoms with E-state index in [1.807, 2.05) is 35.8 Å². The maximum absolute atomic E-state index is 10.7. The van der Waals surface area contributed by atoms with Crippen LogP contribution in [0.4, 0.5) is 0 Å². The highest BCUT2D eigenvalue weighted by Crippen LogP contribution is 2.18. The van der Waals surface area contributed by atoms with Crippen LogP contribution in [-0.4, -0.2) is 38.2 Å². The van der Waals surface area contributed by atoms with Gasteiger partial charge in [0.1, 0.15) is 11.6 Å². The second kappa shape index (κ2) is 9.12. The van der Waals surface area contributed by atoms with Gasteiger partial charge in [0, 0.05) is 13.0 Å². The summed E-state index contributed by atoms with van der Waals surface area (Å²) in [7, 11) is 0. The van der Waals surface area contributed by atoms with Crippen molar-refractivity contribution in [2.45, 2.75) is 31.5 Å². The second-order valence-corrected chi connectivity index (χ2v) is 6.19. The van der Waals surface area contributed by atoms with Gasteiger partial charge in [-0.05, 0) is 31.0 Å². The molecule has 0 amide bonds. The highest BCUT2D eigenvalue weighted by Gasteiger charge is 2.12. The lowest BCUT2D eigenvalue weighted by atomic mass is 10.2. The molecule has 0 atom stereocenters. The summed E-state index contributed by atoms with van der Waals surface area (Å²) in [6.45, 7) is 6.90. The molecule has 24 heavy (non-hydrogen) atoms. The van der Waals surface area contributed by atoms with Gasteiger partial charge in [-0.1, -0.05) is 30.0 Å². The number of aryl methyl sites for hydroxylation is 2. The number of ether oxygens (including phenoxy) is 1. The predicted molar refractivity (Wildman–Crippen MR) is 93.6 cm³/mol. The van der Waals surface area contributed by atoms with Crippen LogP contribution >= 0.6 is 11.8 Å². The fourth-order valence-electron chi connectivity index (χ4n) is 2.17. The SMILES string of the molecule is C=CCn1c(CCCOc2cccc(C)c2)nnc1SCC(=O)O. The van der Waals surface area contributed by atoms with Crippen LogP contribution in [0.15, 0.2) is 42.1 Å². The number of carbonyl (C=O) groups is 1. The average molecular weight is 347 g/mol. The first kappa shape index (κ1) is 18.1. The molecule has 128 valence electrons. The fraction of sp³-hybridized carbons (Fsp3) is 0.353. The molecule has 1 heterocycles. The van der Waals surface area contributed by atoms with Gasteiger partial charge in [-0.2, -0.15) is 0 Å². The van der Waals surface area contributed by atoms with Crippen molar-refractivity contribution in [2.75, 3.05) is 12.4 Å². The van der Waals surface area contributed by atoms with Gasteiger partial charge in [-0.25, -0.2) is 0 Å². The molecule has 0 aliphatic heterocycles. The first-order chi connectivity index (χ1) is 11.6. The Hall–Kier alpha value is -2.28. The van der Waals surface area contributed by atoms with Crippen LogP contribution in [0.25, 0.3) is 0 Å². The minimum absolute atomic E-state index is 0.0360. The first-order valence-corrected chi connectivity index (χ1v) is 8.65. The topological polar surface area (TPSA) is 77.2 Å². The molecule has 7 heteroatoms. The minimum Gasteiger partial charge on any atom is -0.494 e. The van der Waals surface area contributed by atoms with Crippen molar-refractivity contribution >= 4 is 17.7 Å². The lowest BCUT2D eigenvalue weighted by molar-refractivity contribution is -0.133. The highest BCUT2D eigenvalue weighted by molar-refractivity contribution is 7.99. The molecule has 0 unspecified atom stereocenters. The Kier molecular flexibility index (Phi) is 6.87. The van der Waals surface area contributed by atoms with Crippen LogP contribution in [0.5, 0.6) is 5.75 Å². The summed E-state index contributed by atoms with van der Waals surface area (Å²) < 4.78 is 7.63. The van der Waals surface area contributed by atoms with E-state index in [0.29, 0.717) is 24.7 Å². The number of hydrogen-bond donors (Lipinski definition) is 1. The van der Waals surface area contributed by atoms with Gasteiger partial charge < -0.3 is 14.4 Å². The summed E-state index contributed by atoms with van der Waals surface area (Å²) in [5, 5.41) is 17.6. The molecule has 0 saturated carbocycles. The second-order valence-electron chi connectivity index (χ2n) is 5.25. The van der Waals surface area contributed by atoms with Crippen LogP contribution in [-0.2, 0) is 17.8 Å². The van der Waals surface area contributed by atoms with E-state index in [4.69, 9.17) is 9.84 Å². The van der Waals surface area contributed by atoms with E-state index < -0.39 is 5.97 Å². The number of aromatic nitrogens is 3. The number of nitrogens with zero attached hydrogens (tertiary/aromatic N) is 3.